The second-order valence-electron chi connectivity index (χ2n) is 4.32. The fourth-order valence-electron chi connectivity index (χ4n) is 2.14. The fraction of sp³-hybridized carbons (Fsp3) is 0.583. The van der Waals surface area contributed by atoms with Crippen LogP contribution in [0, 0.1) is 0 Å². The van der Waals surface area contributed by atoms with Gasteiger partial charge in [-0.2, -0.15) is 0 Å². The molecular formula is C12H16Cl2N2. The van der Waals surface area contributed by atoms with Crippen molar-refractivity contribution in [2.45, 2.75) is 44.6 Å². The summed E-state index contributed by atoms with van der Waals surface area (Å²) < 4.78 is 0. The summed E-state index contributed by atoms with van der Waals surface area (Å²) in [6.07, 6.45) is 9.33. The number of anilines is 1. The Kier molecular flexibility index (Phi) is 4.30. The summed E-state index contributed by atoms with van der Waals surface area (Å²) >= 11 is 11.9. The van der Waals surface area contributed by atoms with Crippen LogP contribution in [0.1, 0.15) is 38.5 Å². The third-order valence-electron chi connectivity index (χ3n) is 3.00. The molecule has 0 aliphatic heterocycles. The van der Waals surface area contributed by atoms with E-state index in [1.807, 2.05) is 0 Å². The molecule has 2 nitrogen and oxygen atoms in total. The maximum absolute atomic E-state index is 6.08. The quantitative estimate of drug-likeness (QED) is 0.789. The van der Waals surface area contributed by atoms with E-state index < -0.39 is 0 Å². The van der Waals surface area contributed by atoms with Gasteiger partial charge in [-0.05, 0) is 18.9 Å². The highest BCUT2D eigenvalue weighted by Gasteiger charge is 2.13. The van der Waals surface area contributed by atoms with E-state index in [9.17, 15) is 0 Å². The van der Waals surface area contributed by atoms with Crippen LogP contribution in [0.25, 0.3) is 0 Å². The molecule has 2 rings (SSSR count). The van der Waals surface area contributed by atoms with E-state index in [-0.39, 0.29) is 0 Å². The standard InChI is InChI=1S/C12H16Cl2N2/c13-9-7-11(14)12(15-8-9)16-10-5-3-1-2-4-6-10/h7-8,10H,1-6H2,(H,15,16). The Morgan fingerprint density at radius 2 is 1.81 bits per heavy atom. The number of hydrogen-bond acceptors (Lipinski definition) is 2. The number of pyridine rings is 1. The Morgan fingerprint density at radius 3 is 2.44 bits per heavy atom. The van der Waals surface area contributed by atoms with E-state index in [2.05, 4.69) is 10.3 Å². The molecule has 1 N–H and O–H groups in total. The molecule has 0 unspecified atom stereocenters. The van der Waals surface area contributed by atoms with E-state index in [1.54, 1.807) is 12.3 Å². The molecule has 0 saturated heterocycles. The molecule has 4 heteroatoms. The van der Waals surface area contributed by atoms with E-state index in [4.69, 9.17) is 23.2 Å². The molecular weight excluding hydrogens is 243 g/mol. The normalized spacial score (nSPS) is 18.1. The minimum absolute atomic E-state index is 0.508. The second kappa shape index (κ2) is 5.74. The molecule has 1 heterocycles. The van der Waals surface area contributed by atoms with Gasteiger partial charge in [0.15, 0.2) is 0 Å². The van der Waals surface area contributed by atoms with E-state index in [1.165, 1.54) is 38.5 Å². The van der Waals surface area contributed by atoms with Crippen molar-refractivity contribution in [2.24, 2.45) is 0 Å². The van der Waals surface area contributed by atoms with Crippen molar-refractivity contribution in [1.29, 1.82) is 0 Å². The first-order valence-electron chi connectivity index (χ1n) is 5.83. The molecule has 0 aromatic carbocycles. The van der Waals surface area contributed by atoms with Crippen molar-refractivity contribution < 1.29 is 0 Å². The Hall–Kier alpha value is -0.470. The Morgan fingerprint density at radius 1 is 1.12 bits per heavy atom. The zero-order valence-corrected chi connectivity index (χ0v) is 10.7. The van der Waals surface area contributed by atoms with E-state index >= 15 is 0 Å². The first-order chi connectivity index (χ1) is 7.75. The monoisotopic (exact) mass is 258 g/mol. The molecule has 0 spiro atoms. The van der Waals surface area contributed by atoms with Gasteiger partial charge in [0.25, 0.3) is 0 Å². The van der Waals surface area contributed by atoms with Crippen LogP contribution < -0.4 is 5.32 Å². The molecule has 88 valence electrons. The lowest BCUT2D eigenvalue weighted by Crippen LogP contribution is -2.19. The van der Waals surface area contributed by atoms with E-state index in [0.29, 0.717) is 16.1 Å². The lowest BCUT2D eigenvalue weighted by molar-refractivity contribution is 0.618. The first-order valence-corrected chi connectivity index (χ1v) is 6.59. The molecule has 1 saturated carbocycles. The van der Waals surface area contributed by atoms with Gasteiger partial charge in [0.1, 0.15) is 5.82 Å². The number of hydrogen-bond donors (Lipinski definition) is 1. The third kappa shape index (κ3) is 3.26. The molecule has 1 aliphatic carbocycles. The number of rotatable bonds is 2. The van der Waals surface area contributed by atoms with Crippen molar-refractivity contribution >= 4 is 29.0 Å². The topological polar surface area (TPSA) is 24.9 Å². The zero-order chi connectivity index (χ0) is 11.4. The number of halogens is 2. The largest absolute Gasteiger partial charge is 0.366 e. The summed E-state index contributed by atoms with van der Waals surface area (Å²) in [5.41, 5.74) is 0. The third-order valence-corrected chi connectivity index (χ3v) is 3.50. The van der Waals surface area contributed by atoms with E-state index in [0.717, 1.165) is 5.82 Å². The number of aromatic nitrogens is 1. The first kappa shape index (κ1) is 12.0. The second-order valence-corrected chi connectivity index (χ2v) is 5.16. The van der Waals surface area contributed by atoms with Crippen molar-refractivity contribution in [2.75, 3.05) is 5.32 Å². The predicted molar refractivity (Wildman–Crippen MR) is 69.4 cm³/mol. The van der Waals surface area contributed by atoms with Crippen LogP contribution >= 0.6 is 23.2 Å². The van der Waals surface area contributed by atoms with Crippen LogP contribution in [-0.4, -0.2) is 11.0 Å². The van der Waals surface area contributed by atoms with Crippen LogP contribution in [-0.2, 0) is 0 Å². The Balaban J connectivity index is 2.01. The Labute approximate surface area is 106 Å². The van der Waals surface area contributed by atoms with Crippen LogP contribution in [0.15, 0.2) is 12.3 Å². The zero-order valence-electron chi connectivity index (χ0n) is 9.18. The van der Waals surface area contributed by atoms with Gasteiger partial charge in [-0.1, -0.05) is 48.9 Å². The van der Waals surface area contributed by atoms with Gasteiger partial charge in [0.05, 0.1) is 10.0 Å². The minimum atomic E-state index is 0.508. The molecule has 1 aliphatic rings. The molecule has 1 aromatic heterocycles. The highest BCUT2D eigenvalue weighted by atomic mass is 35.5. The molecule has 0 amide bonds. The van der Waals surface area contributed by atoms with Crippen LogP contribution in [0.2, 0.25) is 10.0 Å². The van der Waals surface area contributed by atoms with Gasteiger partial charge in [-0.3, -0.25) is 0 Å². The fourth-order valence-corrected chi connectivity index (χ4v) is 2.57. The highest BCUT2D eigenvalue weighted by molar-refractivity contribution is 6.35. The average molecular weight is 259 g/mol. The average Bonchev–Trinajstić information content (AvgIpc) is 2.51. The smallest absolute Gasteiger partial charge is 0.145 e. The maximum atomic E-state index is 6.08. The van der Waals surface area contributed by atoms with Crippen molar-refractivity contribution in [3.05, 3.63) is 22.3 Å². The van der Waals surface area contributed by atoms with Gasteiger partial charge in [-0.25, -0.2) is 4.98 Å². The van der Waals surface area contributed by atoms with Gasteiger partial charge in [-0.15, -0.1) is 0 Å². The summed E-state index contributed by atoms with van der Waals surface area (Å²) in [4.78, 5) is 4.23. The van der Waals surface area contributed by atoms with Gasteiger partial charge < -0.3 is 5.32 Å². The summed E-state index contributed by atoms with van der Waals surface area (Å²) in [7, 11) is 0. The van der Waals surface area contributed by atoms with Crippen molar-refractivity contribution in [3.63, 3.8) is 0 Å². The summed E-state index contributed by atoms with van der Waals surface area (Å²) in [6.45, 7) is 0. The van der Waals surface area contributed by atoms with Gasteiger partial charge in [0, 0.05) is 12.2 Å². The van der Waals surface area contributed by atoms with Gasteiger partial charge >= 0.3 is 0 Å². The van der Waals surface area contributed by atoms with Crippen molar-refractivity contribution in [3.8, 4) is 0 Å². The molecule has 1 aromatic rings. The summed E-state index contributed by atoms with van der Waals surface area (Å²) in [5.74, 6) is 0.762. The molecule has 0 atom stereocenters. The lowest BCUT2D eigenvalue weighted by atomic mass is 10.1. The minimum Gasteiger partial charge on any atom is -0.366 e. The predicted octanol–water partition coefficient (Wildman–Crippen LogP) is 4.52. The van der Waals surface area contributed by atoms with Gasteiger partial charge in [0.2, 0.25) is 0 Å². The SMILES string of the molecule is Clc1cnc(NC2CCCCCC2)c(Cl)c1. The van der Waals surface area contributed by atoms with Crippen molar-refractivity contribution in [1.82, 2.24) is 4.98 Å². The highest BCUT2D eigenvalue weighted by Crippen LogP contribution is 2.26. The van der Waals surface area contributed by atoms with Crippen LogP contribution in [0.3, 0.4) is 0 Å². The Bertz CT molecular complexity index is 347. The molecule has 1 fully saturated rings. The maximum Gasteiger partial charge on any atom is 0.145 e. The molecule has 0 radical (unpaired) electrons. The summed E-state index contributed by atoms with van der Waals surface area (Å²) in [6, 6.07) is 2.24. The van der Waals surface area contributed by atoms with Crippen LogP contribution in [0.5, 0.6) is 0 Å². The van der Waals surface area contributed by atoms with Crippen LogP contribution in [0.4, 0.5) is 5.82 Å². The summed E-state index contributed by atoms with van der Waals surface area (Å²) in [5, 5.41) is 4.60. The number of nitrogens with one attached hydrogen (secondary N) is 1. The molecule has 16 heavy (non-hydrogen) atoms. The number of nitrogens with zero attached hydrogens (tertiary/aromatic N) is 1. The molecule has 0 bridgehead atoms. The lowest BCUT2D eigenvalue weighted by Gasteiger charge is -2.17.